The second kappa shape index (κ2) is 6.75. The Morgan fingerprint density at radius 1 is 1.12 bits per heavy atom. The van der Waals surface area contributed by atoms with Crippen molar-refractivity contribution >= 4 is 0 Å². The standard InChI is InChI=1S/C15H30N2/c1-3-6-14(7-4-2)17(15-9-10-15)12-13-8-5-11-16-13/h13-16H,3-12H2,1-2H3. The highest BCUT2D eigenvalue weighted by molar-refractivity contribution is 4.91. The topological polar surface area (TPSA) is 15.3 Å². The van der Waals surface area contributed by atoms with Gasteiger partial charge in [-0.25, -0.2) is 0 Å². The summed E-state index contributed by atoms with van der Waals surface area (Å²) < 4.78 is 0. The first-order chi connectivity index (χ1) is 8.35. The van der Waals surface area contributed by atoms with Crippen molar-refractivity contribution in [3.63, 3.8) is 0 Å². The molecule has 1 atom stereocenters. The Labute approximate surface area is 107 Å². The normalized spacial score (nSPS) is 25.1. The van der Waals surface area contributed by atoms with E-state index in [9.17, 15) is 0 Å². The fraction of sp³-hybridized carbons (Fsp3) is 1.00. The van der Waals surface area contributed by atoms with Gasteiger partial charge in [-0.15, -0.1) is 0 Å². The van der Waals surface area contributed by atoms with Crippen LogP contribution < -0.4 is 5.32 Å². The van der Waals surface area contributed by atoms with E-state index in [-0.39, 0.29) is 0 Å². The molecule has 1 saturated heterocycles. The van der Waals surface area contributed by atoms with Gasteiger partial charge in [0, 0.05) is 24.7 Å². The Hall–Kier alpha value is -0.0800. The quantitative estimate of drug-likeness (QED) is 0.699. The van der Waals surface area contributed by atoms with Crippen LogP contribution in [-0.4, -0.2) is 36.1 Å². The molecule has 1 N–H and O–H groups in total. The Morgan fingerprint density at radius 2 is 1.82 bits per heavy atom. The summed E-state index contributed by atoms with van der Waals surface area (Å²) in [6, 6.07) is 2.58. The molecular formula is C15H30N2. The molecule has 1 aliphatic heterocycles. The Morgan fingerprint density at radius 3 is 2.29 bits per heavy atom. The van der Waals surface area contributed by atoms with Crippen LogP contribution in [0.4, 0.5) is 0 Å². The van der Waals surface area contributed by atoms with E-state index < -0.39 is 0 Å². The molecule has 1 aliphatic carbocycles. The predicted octanol–water partition coefficient (Wildman–Crippen LogP) is 3.17. The van der Waals surface area contributed by atoms with Crippen LogP contribution in [0.25, 0.3) is 0 Å². The first-order valence-corrected chi connectivity index (χ1v) is 7.84. The zero-order chi connectivity index (χ0) is 12.1. The third-order valence-electron chi connectivity index (χ3n) is 4.32. The molecule has 2 rings (SSSR count). The van der Waals surface area contributed by atoms with Crippen LogP contribution in [-0.2, 0) is 0 Å². The molecule has 2 fully saturated rings. The first-order valence-electron chi connectivity index (χ1n) is 7.84. The van der Waals surface area contributed by atoms with Crippen LogP contribution in [0.3, 0.4) is 0 Å². The fourth-order valence-electron chi connectivity index (χ4n) is 3.31. The zero-order valence-electron chi connectivity index (χ0n) is 11.8. The van der Waals surface area contributed by atoms with Crippen LogP contribution in [0, 0.1) is 0 Å². The van der Waals surface area contributed by atoms with Crippen molar-refractivity contribution in [2.75, 3.05) is 13.1 Å². The van der Waals surface area contributed by atoms with E-state index >= 15 is 0 Å². The highest BCUT2D eigenvalue weighted by Gasteiger charge is 2.34. The lowest BCUT2D eigenvalue weighted by Crippen LogP contribution is -2.44. The fourth-order valence-corrected chi connectivity index (χ4v) is 3.31. The molecule has 17 heavy (non-hydrogen) atoms. The van der Waals surface area contributed by atoms with Gasteiger partial charge in [-0.3, -0.25) is 4.90 Å². The number of nitrogens with zero attached hydrogens (tertiary/aromatic N) is 1. The van der Waals surface area contributed by atoms with E-state index in [4.69, 9.17) is 0 Å². The van der Waals surface area contributed by atoms with Crippen molar-refractivity contribution < 1.29 is 0 Å². The third kappa shape index (κ3) is 3.96. The van der Waals surface area contributed by atoms with Gasteiger partial charge in [0.05, 0.1) is 0 Å². The minimum Gasteiger partial charge on any atom is -0.313 e. The lowest BCUT2D eigenvalue weighted by molar-refractivity contribution is 0.151. The largest absolute Gasteiger partial charge is 0.313 e. The van der Waals surface area contributed by atoms with Crippen molar-refractivity contribution in [1.29, 1.82) is 0 Å². The van der Waals surface area contributed by atoms with Crippen LogP contribution >= 0.6 is 0 Å². The molecule has 1 heterocycles. The van der Waals surface area contributed by atoms with Gasteiger partial charge in [0.1, 0.15) is 0 Å². The number of rotatable bonds is 8. The van der Waals surface area contributed by atoms with Gasteiger partial charge in [-0.1, -0.05) is 26.7 Å². The van der Waals surface area contributed by atoms with Gasteiger partial charge >= 0.3 is 0 Å². The SMILES string of the molecule is CCCC(CCC)N(CC1CCCN1)C1CC1. The van der Waals surface area contributed by atoms with Crippen LogP contribution in [0.1, 0.15) is 65.2 Å². The third-order valence-corrected chi connectivity index (χ3v) is 4.32. The molecule has 2 aliphatic rings. The maximum absolute atomic E-state index is 3.67. The van der Waals surface area contributed by atoms with Gasteiger partial charge < -0.3 is 5.32 Å². The molecule has 0 radical (unpaired) electrons. The molecule has 0 bridgehead atoms. The molecule has 2 nitrogen and oxygen atoms in total. The maximum Gasteiger partial charge on any atom is 0.0195 e. The molecule has 0 aromatic heterocycles. The molecule has 100 valence electrons. The number of hydrogen-bond acceptors (Lipinski definition) is 2. The maximum atomic E-state index is 3.67. The minimum atomic E-state index is 0.784. The molecular weight excluding hydrogens is 208 g/mol. The second-order valence-corrected chi connectivity index (χ2v) is 5.95. The van der Waals surface area contributed by atoms with E-state index in [0.29, 0.717) is 0 Å². The average Bonchev–Trinajstić information content (AvgIpc) is 3.04. The Balaban J connectivity index is 1.88. The summed E-state index contributed by atoms with van der Waals surface area (Å²) in [6.07, 6.45) is 11.2. The van der Waals surface area contributed by atoms with Gasteiger partial charge in [0.15, 0.2) is 0 Å². The van der Waals surface area contributed by atoms with Crippen LogP contribution in [0.2, 0.25) is 0 Å². The van der Waals surface area contributed by atoms with E-state index in [1.165, 1.54) is 64.5 Å². The molecule has 2 heteroatoms. The lowest BCUT2D eigenvalue weighted by Gasteiger charge is -2.34. The highest BCUT2D eigenvalue weighted by Crippen LogP contribution is 2.32. The lowest BCUT2D eigenvalue weighted by atomic mass is 10.0. The van der Waals surface area contributed by atoms with Crippen LogP contribution in [0.5, 0.6) is 0 Å². The monoisotopic (exact) mass is 238 g/mol. The summed E-state index contributed by atoms with van der Waals surface area (Å²) >= 11 is 0. The first kappa shape index (κ1) is 13.4. The number of nitrogens with one attached hydrogen (secondary N) is 1. The minimum absolute atomic E-state index is 0.784. The molecule has 1 saturated carbocycles. The van der Waals surface area contributed by atoms with E-state index in [1.54, 1.807) is 0 Å². The summed E-state index contributed by atoms with van der Waals surface area (Å²) in [5.41, 5.74) is 0. The predicted molar refractivity (Wildman–Crippen MR) is 74.4 cm³/mol. The molecule has 0 spiro atoms. The second-order valence-electron chi connectivity index (χ2n) is 5.95. The van der Waals surface area contributed by atoms with E-state index in [1.807, 2.05) is 0 Å². The van der Waals surface area contributed by atoms with Crippen LogP contribution in [0.15, 0.2) is 0 Å². The van der Waals surface area contributed by atoms with Crippen molar-refractivity contribution in [2.45, 2.75) is 83.3 Å². The molecule has 0 amide bonds. The Kier molecular flexibility index (Phi) is 5.30. The smallest absolute Gasteiger partial charge is 0.0195 e. The zero-order valence-corrected chi connectivity index (χ0v) is 11.8. The summed E-state index contributed by atoms with van der Waals surface area (Å²) in [6.45, 7) is 7.23. The molecule has 0 aromatic carbocycles. The highest BCUT2D eigenvalue weighted by atomic mass is 15.2. The summed E-state index contributed by atoms with van der Waals surface area (Å²) in [5, 5.41) is 3.67. The number of hydrogen-bond donors (Lipinski definition) is 1. The van der Waals surface area contributed by atoms with E-state index in [2.05, 4.69) is 24.1 Å². The molecule has 1 unspecified atom stereocenters. The molecule has 0 aromatic rings. The summed E-state index contributed by atoms with van der Waals surface area (Å²) in [4.78, 5) is 2.86. The van der Waals surface area contributed by atoms with Gasteiger partial charge in [0.25, 0.3) is 0 Å². The Bertz CT molecular complexity index is 201. The van der Waals surface area contributed by atoms with E-state index in [0.717, 1.165) is 18.1 Å². The average molecular weight is 238 g/mol. The summed E-state index contributed by atoms with van der Waals surface area (Å²) in [7, 11) is 0. The van der Waals surface area contributed by atoms with Crippen molar-refractivity contribution in [3.05, 3.63) is 0 Å². The van der Waals surface area contributed by atoms with Crippen molar-refractivity contribution in [1.82, 2.24) is 10.2 Å². The van der Waals surface area contributed by atoms with Gasteiger partial charge in [0.2, 0.25) is 0 Å². The van der Waals surface area contributed by atoms with Crippen molar-refractivity contribution in [2.24, 2.45) is 0 Å². The summed E-state index contributed by atoms with van der Waals surface area (Å²) in [5.74, 6) is 0. The van der Waals surface area contributed by atoms with Gasteiger partial charge in [-0.05, 0) is 45.1 Å². The van der Waals surface area contributed by atoms with Crippen molar-refractivity contribution in [3.8, 4) is 0 Å². The van der Waals surface area contributed by atoms with Gasteiger partial charge in [-0.2, -0.15) is 0 Å².